The van der Waals surface area contributed by atoms with E-state index in [1.807, 2.05) is 13.8 Å². The standard InChI is InChI=1S/C15H24N2O3S/c1-11-9-14(10-15(16)12(11)2)21(19,20)17(7-4-8-18)13-5-3-6-13/h9-10,13,18H,3-8,16H2,1-2H3. The highest BCUT2D eigenvalue weighted by Crippen LogP contribution is 2.31. The monoisotopic (exact) mass is 312 g/mol. The van der Waals surface area contributed by atoms with Crippen molar-refractivity contribution in [2.24, 2.45) is 0 Å². The first-order chi connectivity index (χ1) is 9.87. The number of rotatable bonds is 6. The molecule has 5 nitrogen and oxygen atoms in total. The predicted octanol–water partition coefficient (Wildman–Crippen LogP) is 1.81. The van der Waals surface area contributed by atoms with Gasteiger partial charge in [0.15, 0.2) is 0 Å². The van der Waals surface area contributed by atoms with Crippen LogP contribution in [-0.2, 0) is 10.0 Å². The third-order valence-corrected chi connectivity index (χ3v) is 6.24. The smallest absolute Gasteiger partial charge is 0.243 e. The highest BCUT2D eigenvalue weighted by atomic mass is 32.2. The molecule has 0 bridgehead atoms. The molecule has 6 heteroatoms. The first kappa shape index (κ1) is 16.3. The lowest BCUT2D eigenvalue weighted by molar-refractivity contribution is 0.198. The average Bonchev–Trinajstić information content (AvgIpc) is 2.37. The molecule has 1 aromatic rings. The third kappa shape index (κ3) is 3.22. The number of nitrogens with zero attached hydrogens (tertiary/aromatic N) is 1. The highest BCUT2D eigenvalue weighted by Gasteiger charge is 2.34. The van der Waals surface area contributed by atoms with Crippen molar-refractivity contribution >= 4 is 15.7 Å². The molecule has 0 atom stereocenters. The van der Waals surface area contributed by atoms with Crippen molar-refractivity contribution in [3.8, 4) is 0 Å². The second-order valence-electron chi connectivity index (χ2n) is 5.73. The van der Waals surface area contributed by atoms with Gasteiger partial charge in [0, 0.05) is 24.9 Å². The minimum absolute atomic E-state index is 0.00615. The maximum Gasteiger partial charge on any atom is 0.243 e. The van der Waals surface area contributed by atoms with Gasteiger partial charge in [-0.25, -0.2) is 8.42 Å². The van der Waals surface area contributed by atoms with Gasteiger partial charge in [-0.15, -0.1) is 0 Å². The predicted molar refractivity (Wildman–Crippen MR) is 83.6 cm³/mol. The van der Waals surface area contributed by atoms with Crippen molar-refractivity contribution in [3.05, 3.63) is 23.3 Å². The zero-order chi connectivity index (χ0) is 15.6. The van der Waals surface area contributed by atoms with E-state index in [9.17, 15) is 8.42 Å². The quantitative estimate of drug-likeness (QED) is 0.785. The van der Waals surface area contributed by atoms with Crippen LogP contribution in [0.2, 0.25) is 0 Å². The molecule has 1 aliphatic carbocycles. The van der Waals surface area contributed by atoms with E-state index in [4.69, 9.17) is 10.8 Å². The van der Waals surface area contributed by atoms with Crippen LogP contribution in [0.5, 0.6) is 0 Å². The highest BCUT2D eigenvalue weighted by molar-refractivity contribution is 7.89. The van der Waals surface area contributed by atoms with E-state index >= 15 is 0 Å². The average molecular weight is 312 g/mol. The molecule has 1 saturated carbocycles. The fourth-order valence-corrected chi connectivity index (χ4v) is 4.38. The number of aliphatic hydroxyl groups excluding tert-OH is 1. The lowest BCUT2D eigenvalue weighted by Gasteiger charge is -2.36. The maximum absolute atomic E-state index is 12.9. The molecule has 118 valence electrons. The molecule has 0 aromatic heterocycles. The van der Waals surface area contributed by atoms with E-state index in [0.717, 1.165) is 30.4 Å². The molecule has 0 aliphatic heterocycles. The number of aliphatic hydroxyl groups is 1. The van der Waals surface area contributed by atoms with Crippen molar-refractivity contribution in [1.82, 2.24) is 4.31 Å². The van der Waals surface area contributed by atoms with E-state index in [0.29, 0.717) is 18.7 Å². The maximum atomic E-state index is 12.9. The summed E-state index contributed by atoms with van der Waals surface area (Å²) in [4.78, 5) is 0.257. The lowest BCUT2D eigenvalue weighted by atomic mass is 9.93. The number of nitrogen functional groups attached to an aromatic ring is 1. The Morgan fingerprint density at radius 1 is 1.33 bits per heavy atom. The minimum Gasteiger partial charge on any atom is -0.398 e. The molecule has 3 N–H and O–H groups in total. The zero-order valence-electron chi connectivity index (χ0n) is 12.7. The third-order valence-electron chi connectivity index (χ3n) is 4.31. The molecular weight excluding hydrogens is 288 g/mol. The van der Waals surface area contributed by atoms with Crippen LogP contribution in [0.25, 0.3) is 0 Å². The number of nitrogens with two attached hydrogens (primary N) is 1. The normalized spacial score (nSPS) is 16.2. The summed E-state index contributed by atoms with van der Waals surface area (Å²) in [6, 6.07) is 3.29. The van der Waals surface area contributed by atoms with Crippen LogP contribution in [0.1, 0.15) is 36.8 Å². The molecule has 0 heterocycles. The summed E-state index contributed by atoms with van der Waals surface area (Å²) < 4.78 is 27.3. The van der Waals surface area contributed by atoms with Crippen LogP contribution in [0.4, 0.5) is 5.69 Å². The molecule has 1 aliphatic rings. The molecular formula is C15H24N2O3S. The van der Waals surface area contributed by atoms with Crippen LogP contribution in [0.15, 0.2) is 17.0 Å². The van der Waals surface area contributed by atoms with Crippen molar-refractivity contribution in [1.29, 1.82) is 0 Å². The Morgan fingerprint density at radius 2 is 2.00 bits per heavy atom. The van der Waals surface area contributed by atoms with E-state index in [1.54, 1.807) is 12.1 Å². The number of hydrogen-bond donors (Lipinski definition) is 2. The number of anilines is 1. The molecule has 0 amide bonds. The van der Waals surface area contributed by atoms with Crippen LogP contribution in [0.3, 0.4) is 0 Å². The van der Waals surface area contributed by atoms with Gasteiger partial charge in [0.25, 0.3) is 0 Å². The fraction of sp³-hybridized carbons (Fsp3) is 0.600. The molecule has 0 unspecified atom stereocenters. The summed E-state index contributed by atoms with van der Waals surface area (Å²) in [6.07, 6.45) is 3.30. The first-order valence-electron chi connectivity index (χ1n) is 7.37. The summed E-state index contributed by atoms with van der Waals surface area (Å²) >= 11 is 0. The number of sulfonamides is 1. The van der Waals surface area contributed by atoms with Gasteiger partial charge >= 0.3 is 0 Å². The van der Waals surface area contributed by atoms with Gasteiger partial charge in [0.2, 0.25) is 10.0 Å². The molecule has 0 spiro atoms. The fourth-order valence-electron chi connectivity index (χ4n) is 2.54. The Kier molecular flexibility index (Phi) is 4.91. The Bertz CT molecular complexity index is 586. The van der Waals surface area contributed by atoms with Gasteiger partial charge in [-0.1, -0.05) is 6.42 Å². The van der Waals surface area contributed by atoms with Gasteiger partial charge in [-0.2, -0.15) is 4.31 Å². The van der Waals surface area contributed by atoms with Gasteiger partial charge in [-0.05, 0) is 56.4 Å². The van der Waals surface area contributed by atoms with E-state index < -0.39 is 10.0 Å². The van der Waals surface area contributed by atoms with Crippen LogP contribution >= 0.6 is 0 Å². The van der Waals surface area contributed by atoms with Gasteiger partial charge in [-0.3, -0.25) is 0 Å². The largest absolute Gasteiger partial charge is 0.398 e. The van der Waals surface area contributed by atoms with Crippen molar-refractivity contribution in [2.75, 3.05) is 18.9 Å². The Morgan fingerprint density at radius 3 is 2.48 bits per heavy atom. The lowest BCUT2D eigenvalue weighted by Crippen LogP contribution is -2.44. The molecule has 0 radical (unpaired) electrons. The van der Waals surface area contributed by atoms with Gasteiger partial charge in [0.05, 0.1) is 4.90 Å². The zero-order valence-corrected chi connectivity index (χ0v) is 13.5. The van der Waals surface area contributed by atoms with E-state index in [1.165, 1.54) is 4.31 Å². The van der Waals surface area contributed by atoms with E-state index in [2.05, 4.69) is 0 Å². The topological polar surface area (TPSA) is 83.6 Å². The second-order valence-corrected chi connectivity index (χ2v) is 7.62. The Labute approximate surface area is 126 Å². The van der Waals surface area contributed by atoms with Crippen molar-refractivity contribution in [2.45, 2.75) is 50.5 Å². The summed E-state index contributed by atoms with van der Waals surface area (Å²) in [6.45, 7) is 4.10. The van der Waals surface area contributed by atoms with Crippen LogP contribution in [0, 0.1) is 13.8 Å². The van der Waals surface area contributed by atoms with Crippen LogP contribution in [-0.4, -0.2) is 37.0 Å². The van der Waals surface area contributed by atoms with Crippen LogP contribution < -0.4 is 5.73 Å². The summed E-state index contributed by atoms with van der Waals surface area (Å²) in [5.41, 5.74) is 8.22. The second kappa shape index (κ2) is 6.34. The molecule has 1 fully saturated rings. The van der Waals surface area contributed by atoms with Gasteiger partial charge in [0.1, 0.15) is 0 Å². The Hall–Kier alpha value is -1.11. The van der Waals surface area contributed by atoms with Crippen molar-refractivity contribution < 1.29 is 13.5 Å². The van der Waals surface area contributed by atoms with Crippen molar-refractivity contribution in [3.63, 3.8) is 0 Å². The SMILES string of the molecule is Cc1cc(S(=O)(=O)N(CCCO)C2CCC2)cc(N)c1C. The molecule has 21 heavy (non-hydrogen) atoms. The minimum atomic E-state index is -3.55. The summed E-state index contributed by atoms with van der Waals surface area (Å²) in [5, 5.41) is 9.01. The van der Waals surface area contributed by atoms with E-state index in [-0.39, 0.29) is 17.5 Å². The molecule has 0 saturated heterocycles. The number of benzene rings is 1. The first-order valence-corrected chi connectivity index (χ1v) is 8.81. The van der Waals surface area contributed by atoms with Gasteiger partial charge < -0.3 is 10.8 Å². The molecule has 1 aromatic carbocycles. The molecule has 2 rings (SSSR count). The Balaban J connectivity index is 2.37. The summed E-state index contributed by atoms with van der Waals surface area (Å²) in [5.74, 6) is 0. The number of aryl methyl sites for hydroxylation is 1. The number of hydrogen-bond acceptors (Lipinski definition) is 4. The summed E-state index contributed by atoms with van der Waals surface area (Å²) in [7, 11) is -3.55.